The Balaban J connectivity index is 2.59. The monoisotopic (exact) mass is 224 g/mol. The summed E-state index contributed by atoms with van der Waals surface area (Å²) < 4.78 is 0. The number of benzene rings is 1. The number of nitrogens with zero attached hydrogens (tertiary/aromatic N) is 1. The lowest BCUT2D eigenvalue weighted by molar-refractivity contribution is 0.437. The Hall–Kier alpha value is -0.510. The Morgan fingerprint density at radius 2 is 2.00 bits per heavy atom. The predicted molar refractivity (Wildman–Crippen MR) is 68.3 cm³/mol. The van der Waals surface area contributed by atoms with E-state index in [4.69, 9.17) is 5.73 Å². The van der Waals surface area contributed by atoms with E-state index in [1.165, 1.54) is 10.5 Å². The largest absolute Gasteiger partial charge is 0.324 e. The second kappa shape index (κ2) is 6.16. The van der Waals surface area contributed by atoms with Crippen molar-refractivity contribution in [3.63, 3.8) is 0 Å². The van der Waals surface area contributed by atoms with Crippen LogP contribution in [-0.4, -0.2) is 31.3 Å². The Bertz CT molecular complexity index is 297. The van der Waals surface area contributed by atoms with Gasteiger partial charge in [0.2, 0.25) is 0 Å². The molecule has 0 heterocycles. The molecule has 1 aromatic carbocycles. The molecule has 0 aliphatic carbocycles. The van der Waals surface area contributed by atoms with Gasteiger partial charge in [0, 0.05) is 23.2 Å². The van der Waals surface area contributed by atoms with Gasteiger partial charge in [-0.15, -0.1) is 11.8 Å². The zero-order chi connectivity index (χ0) is 11.3. The lowest BCUT2D eigenvalue weighted by Crippen LogP contribution is -2.15. The number of nitrogens with two attached hydrogens (primary N) is 1. The van der Waals surface area contributed by atoms with Gasteiger partial charge in [-0.3, -0.25) is 0 Å². The zero-order valence-corrected chi connectivity index (χ0v) is 10.6. The minimum absolute atomic E-state index is 0.119. The minimum Gasteiger partial charge on any atom is -0.324 e. The van der Waals surface area contributed by atoms with E-state index in [1.807, 2.05) is 18.7 Å². The summed E-state index contributed by atoms with van der Waals surface area (Å²) in [5, 5.41) is 0. The third-order valence-corrected chi connectivity index (χ3v) is 3.28. The normalized spacial score (nSPS) is 13.1. The molecule has 0 aliphatic heterocycles. The fourth-order valence-corrected chi connectivity index (χ4v) is 2.60. The maximum atomic E-state index is 5.92. The van der Waals surface area contributed by atoms with Gasteiger partial charge in [-0.25, -0.2) is 0 Å². The molecule has 84 valence electrons. The van der Waals surface area contributed by atoms with Crippen LogP contribution in [0.25, 0.3) is 0 Å². The second-order valence-electron chi connectivity index (χ2n) is 3.98. The molecule has 0 saturated carbocycles. The highest BCUT2D eigenvalue weighted by atomic mass is 32.2. The first-order valence-electron chi connectivity index (χ1n) is 5.23. The van der Waals surface area contributed by atoms with Crippen LogP contribution >= 0.6 is 11.8 Å². The molecule has 0 fully saturated rings. The van der Waals surface area contributed by atoms with E-state index in [0.717, 1.165) is 12.3 Å². The molecular weight excluding hydrogens is 204 g/mol. The summed E-state index contributed by atoms with van der Waals surface area (Å²) in [4.78, 5) is 3.51. The van der Waals surface area contributed by atoms with Crippen LogP contribution < -0.4 is 5.73 Å². The third kappa shape index (κ3) is 4.24. The van der Waals surface area contributed by atoms with Crippen molar-refractivity contribution in [2.24, 2.45) is 5.73 Å². The lowest BCUT2D eigenvalue weighted by atomic mass is 10.1. The highest BCUT2D eigenvalue weighted by molar-refractivity contribution is 7.99. The molecular formula is C12H20N2S. The molecule has 1 aromatic rings. The van der Waals surface area contributed by atoms with Crippen molar-refractivity contribution in [1.82, 2.24) is 4.90 Å². The summed E-state index contributed by atoms with van der Waals surface area (Å²) >= 11 is 1.88. The highest BCUT2D eigenvalue weighted by Gasteiger charge is 2.05. The standard InChI is InChI=1S/C12H20N2S/c1-10(13)11-6-4-5-7-12(11)15-9-8-14(2)3/h4-7,10H,8-9,13H2,1-3H3/t10-/m1/s1. The quantitative estimate of drug-likeness (QED) is 0.779. The molecule has 0 bridgehead atoms. The lowest BCUT2D eigenvalue weighted by Gasteiger charge is -2.13. The van der Waals surface area contributed by atoms with Gasteiger partial charge in [-0.05, 0) is 32.6 Å². The molecule has 0 radical (unpaired) electrons. The maximum Gasteiger partial charge on any atom is 0.0277 e. The van der Waals surface area contributed by atoms with E-state index < -0.39 is 0 Å². The van der Waals surface area contributed by atoms with Crippen LogP contribution in [0.2, 0.25) is 0 Å². The minimum atomic E-state index is 0.119. The molecule has 3 heteroatoms. The SMILES string of the molecule is C[C@@H](N)c1ccccc1SCCN(C)C. The molecule has 0 unspecified atom stereocenters. The number of hydrogen-bond acceptors (Lipinski definition) is 3. The van der Waals surface area contributed by atoms with Gasteiger partial charge < -0.3 is 10.6 Å². The van der Waals surface area contributed by atoms with Gasteiger partial charge >= 0.3 is 0 Å². The van der Waals surface area contributed by atoms with Crippen molar-refractivity contribution >= 4 is 11.8 Å². The summed E-state index contributed by atoms with van der Waals surface area (Å²) in [6, 6.07) is 8.51. The van der Waals surface area contributed by atoms with Crippen molar-refractivity contribution < 1.29 is 0 Å². The van der Waals surface area contributed by atoms with E-state index in [1.54, 1.807) is 0 Å². The van der Waals surface area contributed by atoms with E-state index in [2.05, 4.69) is 43.3 Å². The maximum absolute atomic E-state index is 5.92. The summed E-state index contributed by atoms with van der Waals surface area (Å²) in [6.07, 6.45) is 0. The number of hydrogen-bond donors (Lipinski definition) is 1. The van der Waals surface area contributed by atoms with Crippen LogP contribution in [0.15, 0.2) is 29.2 Å². The summed E-state index contributed by atoms with van der Waals surface area (Å²) in [7, 11) is 4.19. The van der Waals surface area contributed by atoms with Crippen LogP contribution in [0.1, 0.15) is 18.5 Å². The average Bonchev–Trinajstić information content (AvgIpc) is 2.17. The van der Waals surface area contributed by atoms with Crippen LogP contribution in [-0.2, 0) is 0 Å². The summed E-state index contributed by atoms with van der Waals surface area (Å²) in [5.74, 6) is 1.11. The Morgan fingerprint density at radius 3 is 2.60 bits per heavy atom. The molecule has 0 amide bonds. The zero-order valence-electron chi connectivity index (χ0n) is 9.73. The van der Waals surface area contributed by atoms with Gasteiger partial charge in [-0.1, -0.05) is 18.2 Å². The summed E-state index contributed by atoms with van der Waals surface area (Å²) in [5.41, 5.74) is 7.17. The Labute approximate surface area is 96.8 Å². The van der Waals surface area contributed by atoms with Crippen LogP contribution in [0.5, 0.6) is 0 Å². The van der Waals surface area contributed by atoms with Crippen molar-refractivity contribution in [1.29, 1.82) is 0 Å². The van der Waals surface area contributed by atoms with Crippen LogP contribution in [0.4, 0.5) is 0 Å². The van der Waals surface area contributed by atoms with Gasteiger partial charge in [-0.2, -0.15) is 0 Å². The fraction of sp³-hybridized carbons (Fsp3) is 0.500. The van der Waals surface area contributed by atoms with E-state index >= 15 is 0 Å². The molecule has 0 aromatic heterocycles. The third-order valence-electron chi connectivity index (χ3n) is 2.21. The van der Waals surface area contributed by atoms with E-state index in [9.17, 15) is 0 Å². The van der Waals surface area contributed by atoms with Gasteiger partial charge in [0.25, 0.3) is 0 Å². The number of rotatable bonds is 5. The van der Waals surface area contributed by atoms with Gasteiger partial charge in [0.15, 0.2) is 0 Å². The van der Waals surface area contributed by atoms with Crippen molar-refractivity contribution in [3.05, 3.63) is 29.8 Å². The molecule has 0 spiro atoms. The first kappa shape index (κ1) is 12.6. The summed E-state index contributed by atoms with van der Waals surface area (Å²) in [6.45, 7) is 3.13. The topological polar surface area (TPSA) is 29.3 Å². The van der Waals surface area contributed by atoms with Crippen LogP contribution in [0, 0.1) is 0 Å². The smallest absolute Gasteiger partial charge is 0.0277 e. The molecule has 2 N–H and O–H groups in total. The second-order valence-corrected chi connectivity index (χ2v) is 5.11. The first-order valence-corrected chi connectivity index (χ1v) is 6.22. The van der Waals surface area contributed by atoms with Gasteiger partial charge in [0.05, 0.1) is 0 Å². The molecule has 1 atom stereocenters. The van der Waals surface area contributed by atoms with E-state index in [-0.39, 0.29) is 6.04 Å². The fourth-order valence-electron chi connectivity index (χ4n) is 1.33. The van der Waals surface area contributed by atoms with Gasteiger partial charge in [0.1, 0.15) is 0 Å². The first-order chi connectivity index (χ1) is 7.11. The predicted octanol–water partition coefficient (Wildman–Crippen LogP) is 2.36. The molecule has 0 saturated heterocycles. The average molecular weight is 224 g/mol. The van der Waals surface area contributed by atoms with Crippen molar-refractivity contribution in [2.45, 2.75) is 17.9 Å². The number of thioether (sulfide) groups is 1. The molecule has 2 nitrogen and oxygen atoms in total. The van der Waals surface area contributed by atoms with E-state index in [0.29, 0.717) is 0 Å². The van der Waals surface area contributed by atoms with Crippen molar-refractivity contribution in [2.75, 3.05) is 26.4 Å². The molecule has 15 heavy (non-hydrogen) atoms. The highest BCUT2D eigenvalue weighted by Crippen LogP contribution is 2.25. The van der Waals surface area contributed by atoms with Crippen molar-refractivity contribution in [3.8, 4) is 0 Å². The molecule has 1 rings (SSSR count). The Morgan fingerprint density at radius 1 is 1.33 bits per heavy atom. The Kier molecular flexibility index (Phi) is 5.15. The van der Waals surface area contributed by atoms with Crippen LogP contribution in [0.3, 0.4) is 0 Å². The molecule has 0 aliphatic rings.